The summed E-state index contributed by atoms with van der Waals surface area (Å²) in [6.45, 7) is 0. The number of anilines is 2. The smallest absolute Gasteiger partial charge is 0.259 e. The van der Waals surface area contributed by atoms with E-state index in [0.717, 1.165) is 4.70 Å². The molecule has 1 amide bonds. The van der Waals surface area contributed by atoms with Crippen LogP contribution in [-0.4, -0.2) is 35.9 Å². The van der Waals surface area contributed by atoms with E-state index >= 15 is 0 Å². The molecule has 0 radical (unpaired) electrons. The predicted octanol–water partition coefficient (Wildman–Crippen LogP) is 1.50. The molecule has 4 rings (SSSR count). The molecule has 0 fully saturated rings. The molecule has 118 valence electrons. The van der Waals surface area contributed by atoms with Crippen LogP contribution in [0.5, 0.6) is 0 Å². The molecule has 24 heavy (non-hydrogen) atoms. The average Bonchev–Trinajstić information content (AvgIpc) is 3.24. The van der Waals surface area contributed by atoms with Crippen LogP contribution in [0.1, 0.15) is 10.4 Å². The highest BCUT2D eigenvalue weighted by Gasteiger charge is 2.15. The van der Waals surface area contributed by atoms with Crippen molar-refractivity contribution in [3.05, 3.63) is 47.7 Å². The Hall–Kier alpha value is -3.40. The summed E-state index contributed by atoms with van der Waals surface area (Å²) in [5.74, 6) is 0.755. The number of aromatic nitrogens is 6. The van der Waals surface area contributed by atoms with Crippen LogP contribution in [0.15, 0.2) is 42.2 Å². The van der Waals surface area contributed by atoms with Crippen molar-refractivity contribution in [2.75, 3.05) is 11.1 Å². The zero-order valence-electron chi connectivity index (χ0n) is 12.1. The highest BCUT2D eigenvalue weighted by molar-refractivity contribution is 7.17. The number of amides is 1. The minimum atomic E-state index is -0.317. The lowest BCUT2D eigenvalue weighted by atomic mass is 10.2. The van der Waals surface area contributed by atoms with Crippen LogP contribution in [-0.2, 0) is 0 Å². The Labute approximate surface area is 139 Å². The minimum absolute atomic E-state index is 0.126. The van der Waals surface area contributed by atoms with Crippen molar-refractivity contribution < 1.29 is 4.79 Å². The van der Waals surface area contributed by atoms with Crippen molar-refractivity contribution in [3.8, 4) is 5.82 Å². The molecule has 0 unspecified atom stereocenters. The first-order valence-electron chi connectivity index (χ1n) is 6.85. The zero-order valence-corrected chi connectivity index (χ0v) is 12.9. The Morgan fingerprint density at radius 2 is 2.21 bits per heavy atom. The van der Waals surface area contributed by atoms with Gasteiger partial charge in [0.15, 0.2) is 5.82 Å². The molecule has 0 aliphatic rings. The van der Waals surface area contributed by atoms with Crippen molar-refractivity contribution in [1.82, 2.24) is 29.9 Å². The average molecular weight is 338 g/mol. The minimum Gasteiger partial charge on any atom is -0.368 e. The Morgan fingerprint density at radius 3 is 3.04 bits per heavy atom. The number of rotatable bonds is 3. The van der Waals surface area contributed by atoms with Gasteiger partial charge in [0, 0.05) is 5.38 Å². The van der Waals surface area contributed by atoms with Crippen LogP contribution in [0.25, 0.3) is 16.0 Å². The second-order valence-corrected chi connectivity index (χ2v) is 5.68. The van der Waals surface area contributed by atoms with E-state index in [1.807, 2.05) is 0 Å². The summed E-state index contributed by atoms with van der Waals surface area (Å²) in [6, 6.07) is 5.22. The quantitative estimate of drug-likeness (QED) is 0.580. The maximum absolute atomic E-state index is 12.5. The largest absolute Gasteiger partial charge is 0.368 e. The fraction of sp³-hybridized carbons (Fsp3) is 0. The summed E-state index contributed by atoms with van der Waals surface area (Å²) in [5, 5.41) is 12.1. The number of hydrogen-bond donors (Lipinski definition) is 2. The van der Waals surface area contributed by atoms with E-state index in [9.17, 15) is 4.79 Å². The number of carbonyl (C=O) groups is 1. The van der Waals surface area contributed by atoms with E-state index in [4.69, 9.17) is 5.73 Å². The molecule has 0 bridgehead atoms. The van der Waals surface area contributed by atoms with Gasteiger partial charge in [0.2, 0.25) is 5.95 Å². The highest BCUT2D eigenvalue weighted by Crippen LogP contribution is 2.24. The van der Waals surface area contributed by atoms with Crippen LogP contribution in [0.2, 0.25) is 0 Å². The van der Waals surface area contributed by atoms with Gasteiger partial charge in [0.25, 0.3) is 5.91 Å². The molecular weight excluding hydrogens is 328 g/mol. The molecular formula is C14H10N8OS. The van der Waals surface area contributed by atoms with Crippen molar-refractivity contribution in [1.29, 1.82) is 0 Å². The van der Waals surface area contributed by atoms with Crippen LogP contribution in [0.4, 0.5) is 11.8 Å². The maximum Gasteiger partial charge on any atom is 0.259 e. The third-order valence-electron chi connectivity index (χ3n) is 3.21. The van der Waals surface area contributed by atoms with E-state index in [0.29, 0.717) is 22.7 Å². The van der Waals surface area contributed by atoms with E-state index in [1.165, 1.54) is 16.0 Å². The van der Waals surface area contributed by atoms with Crippen LogP contribution < -0.4 is 11.1 Å². The second-order valence-electron chi connectivity index (χ2n) is 4.77. The maximum atomic E-state index is 12.5. The fourth-order valence-corrected chi connectivity index (χ4v) is 2.98. The van der Waals surface area contributed by atoms with Crippen molar-refractivity contribution in [2.45, 2.75) is 0 Å². The standard InChI is InChI=1S/C14H10N8OS/c15-14-16-6-9-12(20-14)8(7-24-9)13(23)19-10-2-1-3-11(18-10)22-5-4-17-21-22/h1-7H,(H2,15,16,20)(H,18,19,23). The number of carbonyl (C=O) groups excluding carboxylic acids is 1. The molecule has 0 spiro atoms. The first-order chi connectivity index (χ1) is 11.7. The molecule has 10 heteroatoms. The number of fused-ring (bicyclic) bond motifs is 1. The summed E-state index contributed by atoms with van der Waals surface area (Å²) in [5.41, 5.74) is 6.55. The number of nitrogens with zero attached hydrogens (tertiary/aromatic N) is 6. The monoisotopic (exact) mass is 338 g/mol. The molecule has 3 N–H and O–H groups in total. The van der Waals surface area contributed by atoms with Gasteiger partial charge in [-0.25, -0.2) is 19.6 Å². The SMILES string of the molecule is Nc1ncc2scc(C(=O)Nc3cccc(-n4ccnn4)n3)c2n1. The van der Waals surface area contributed by atoms with E-state index < -0.39 is 0 Å². The molecule has 4 heterocycles. The lowest BCUT2D eigenvalue weighted by Gasteiger charge is -2.05. The normalized spacial score (nSPS) is 10.8. The number of pyridine rings is 1. The Morgan fingerprint density at radius 1 is 1.29 bits per heavy atom. The summed E-state index contributed by atoms with van der Waals surface area (Å²) < 4.78 is 2.29. The van der Waals surface area contributed by atoms with Crippen molar-refractivity contribution in [2.24, 2.45) is 0 Å². The van der Waals surface area contributed by atoms with E-state index in [-0.39, 0.29) is 11.9 Å². The molecule has 0 saturated heterocycles. The summed E-state index contributed by atoms with van der Waals surface area (Å²) in [6.07, 6.45) is 4.82. The van der Waals surface area contributed by atoms with Gasteiger partial charge in [-0.3, -0.25) is 4.79 Å². The van der Waals surface area contributed by atoms with Gasteiger partial charge in [-0.2, -0.15) is 0 Å². The van der Waals surface area contributed by atoms with Crippen molar-refractivity contribution >= 4 is 39.2 Å². The molecule has 4 aromatic rings. The van der Waals surface area contributed by atoms with Crippen LogP contribution in [0.3, 0.4) is 0 Å². The van der Waals surface area contributed by atoms with E-state index in [2.05, 4.69) is 30.6 Å². The van der Waals surface area contributed by atoms with Crippen LogP contribution in [0, 0.1) is 0 Å². The lowest BCUT2D eigenvalue weighted by molar-refractivity contribution is 0.102. The number of nitrogens with one attached hydrogen (secondary N) is 1. The summed E-state index contributed by atoms with van der Waals surface area (Å²) in [7, 11) is 0. The summed E-state index contributed by atoms with van der Waals surface area (Å²) >= 11 is 1.38. The first kappa shape index (κ1) is 14.2. The fourth-order valence-electron chi connectivity index (χ4n) is 2.14. The van der Waals surface area contributed by atoms with E-state index in [1.54, 1.807) is 42.2 Å². The van der Waals surface area contributed by atoms with Gasteiger partial charge in [-0.05, 0) is 12.1 Å². The van der Waals surface area contributed by atoms with Crippen LogP contribution >= 0.6 is 11.3 Å². The number of nitrogens with two attached hydrogens (primary N) is 1. The van der Waals surface area contributed by atoms with Crippen molar-refractivity contribution in [3.63, 3.8) is 0 Å². The lowest BCUT2D eigenvalue weighted by Crippen LogP contribution is -2.13. The third kappa shape index (κ3) is 2.54. The van der Waals surface area contributed by atoms with Gasteiger partial charge in [0.05, 0.1) is 34.4 Å². The number of thiophene rings is 1. The molecule has 0 aromatic carbocycles. The van der Waals surface area contributed by atoms with Gasteiger partial charge in [0.1, 0.15) is 5.82 Å². The third-order valence-corrected chi connectivity index (χ3v) is 4.12. The number of nitrogen functional groups attached to an aromatic ring is 1. The Bertz CT molecular complexity index is 1030. The first-order valence-corrected chi connectivity index (χ1v) is 7.73. The molecule has 0 aliphatic carbocycles. The predicted molar refractivity (Wildman–Crippen MR) is 88.9 cm³/mol. The molecule has 0 saturated carbocycles. The van der Waals surface area contributed by atoms with Gasteiger partial charge < -0.3 is 11.1 Å². The molecule has 9 nitrogen and oxygen atoms in total. The number of hydrogen-bond acceptors (Lipinski definition) is 8. The van der Waals surface area contributed by atoms with Gasteiger partial charge in [-0.15, -0.1) is 16.4 Å². The molecule has 4 aromatic heterocycles. The van der Waals surface area contributed by atoms with Gasteiger partial charge in [-0.1, -0.05) is 11.3 Å². The topological polar surface area (TPSA) is 124 Å². The highest BCUT2D eigenvalue weighted by atomic mass is 32.1. The second kappa shape index (κ2) is 5.66. The molecule has 0 atom stereocenters. The molecule has 0 aliphatic heterocycles. The van der Waals surface area contributed by atoms with Gasteiger partial charge >= 0.3 is 0 Å². The Balaban J connectivity index is 1.64. The zero-order chi connectivity index (χ0) is 16.5. The Kier molecular flexibility index (Phi) is 3.35. The summed E-state index contributed by atoms with van der Waals surface area (Å²) in [4.78, 5) is 24.9.